The van der Waals surface area contributed by atoms with E-state index >= 15 is 4.39 Å². The number of amides is 3. The van der Waals surface area contributed by atoms with Gasteiger partial charge < -0.3 is 34.9 Å². The molecule has 252 valence electrons. The maximum atomic E-state index is 15.2. The highest BCUT2D eigenvalue weighted by Gasteiger charge is 2.50. The number of alkyl halides is 1. The maximum Gasteiger partial charge on any atom is 0.246 e. The fourth-order valence-electron chi connectivity index (χ4n) is 4.73. The molecule has 1 aromatic carbocycles. The summed E-state index contributed by atoms with van der Waals surface area (Å²) in [5.41, 5.74) is 11.8. The average Bonchev–Trinajstić information content (AvgIpc) is 3.58. The molecule has 46 heavy (non-hydrogen) atoms. The van der Waals surface area contributed by atoms with Crippen LogP contribution in [0.1, 0.15) is 32.0 Å². The lowest BCUT2D eigenvalue weighted by Gasteiger charge is -2.35. The summed E-state index contributed by atoms with van der Waals surface area (Å²) in [6.45, 7) is 7.87. The van der Waals surface area contributed by atoms with E-state index in [-0.39, 0.29) is 46.1 Å². The number of aromatic nitrogens is 1. The van der Waals surface area contributed by atoms with E-state index in [9.17, 15) is 19.5 Å². The zero-order valence-electron chi connectivity index (χ0n) is 26.5. The summed E-state index contributed by atoms with van der Waals surface area (Å²) in [4.78, 5) is 48.5. The smallest absolute Gasteiger partial charge is 0.246 e. The van der Waals surface area contributed by atoms with Crippen LogP contribution in [0.2, 0.25) is 0 Å². The van der Waals surface area contributed by atoms with Gasteiger partial charge in [0.15, 0.2) is 6.17 Å². The number of nitrogens with zero attached hydrogens (tertiary/aromatic N) is 5. The average molecular weight is 664 g/mol. The molecule has 3 N–H and O–H groups in total. The first-order chi connectivity index (χ1) is 21.9. The molecular weight excluding hydrogens is 621 g/mol. The number of hydrogen-bond donors (Lipinski definition) is 3. The van der Waals surface area contributed by atoms with Gasteiger partial charge in [-0.1, -0.05) is 50.2 Å². The molecule has 2 heterocycles. The van der Waals surface area contributed by atoms with Gasteiger partial charge in [-0.2, -0.15) is 0 Å². The first kappa shape index (κ1) is 36.8. The molecule has 1 aliphatic heterocycles. The number of carbonyl (C=O) groups excluding carboxylic acids is 3. The van der Waals surface area contributed by atoms with Gasteiger partial charge in [0, 0.05) is 18.0 Å². The lowest BCUT2D eigenvalue weighted by Crippen LogP contribution is -2.59. The van der Waals surface area contributed by atoms with E-state index in [2.05, 4.69) is 25.6 Å². The SMILES string of the molecule is Cc1ncsc1-c1ccc(CNC(=O)C2C(F)C(O)CN2C(=O)C(NC(=O)COCCOCCOCCN=[N+]=[N-])C(C)(C)C)cc1. The molecular formula is C30H42FN7O7S. The third-order valence-electron chi connectivity index (χ3n) is 7.16. The lowest BCUT2D eigenvalue weighted by molar-refractivity contribution is -0.145. The summed E-state index contributed by atoms with van der Waals surface area (Å²) in [5.74, 6) is -2.01. The molecule has 0 bridgehead atoms. The summed E-state index contributed by atoms with van der Waals surface area (Å²) >= 11 is 1.53. The molecule has 16 heteroatoms. The molecule has 1 saturated heterocycles. The Hall–Kier alpha value is -3.66. The van der Waals surface area contributed by atoms with Gasteiger partial charge >= 0.3 is 0 Å². The van der Waals surface area contributed by atoms with Gasteiger partial charge in [-0.05, 0) is 29.0 Å². The number of thiazole rings is 1. The van der Waals surface area contributed by atoms with Gasteiger partial charge in [0.1, 0.15) is 24.8 Å². The van der Waals surface area contributed by atoms with E-state index in [0.29, 0.717) is 6.61 Å². The molecule has 1 fully saturated rings. The van der Waals surface area contributed by atoms with Crippen LogP contribution in [0.15, 0.2) is 34.9 Å². The highest BCUT2D eigenvalue weighted by atomic mass is 32.1. The Balaban J connectivity index is 1.52. The lowest BCUT2D eigenvalue weighted by atomic mass is 9.85. The van der Waals surface area contributed by atoms with Crippen LogP contribution in [0.4, 0.5) is 4.39 Å². The van der Waals surface area contributed by atoms with Gasteiger partial charge in [0.05, 0.1) is 55.7 Å². The number of hydrogen-bond acceptors (Lipinski definition) is 10. The Bertz CT molecular complexity index is 1350. The minimum atomic E-state index is -2.00. The fraction of sp³-hybridized carbons (Fsp3) is 0.600. The predicted octanol–water partition coefficient (Wildman–Crippen LogP) is 2.54. The van der Waals surface area contributed by atoms with Crippen molar-refractivity contribution in [2.45, 2.75) is 58.6 Å². The Morgan fingerprint density at radius 1 is 1.15 bits per heavy atom. The Morgan fingerprint density at radius 3 is 2.41 bits per heavy atom. The molecule has 4 atom stereocenters. The van der Waals surface area contributed by atoms with E-state index < -0.39 is 54.0 Å². The zero-order valence-corrected chi connectivity index (χ0v) is 27.3. The zero-order chi connectivity index (χ0) is 33.7. The van der Waals surface area contributed by atoms with Crippen LogP contribution in [0.25, 0.3) is 20.9 Å². The second-order valence-electron chi connectivity index (χ2n) is 11.7. The number of aliphatic hydroxyl groups is 1. The van der Waals surface area contributed by atoms with Crippen LogP contribution in [0.3, 0.4) is 0 Å². The van der Waals surface area contributed by atoms with Crippen molar-refractivity contribution in [3.63, 3.8) is 0 Å². The number of β-amino-alcohol motifs (C(OH)–C–C–N with tert-alkyl or cyclic N) is 1. The van der Waals surface area contributed by atoms with Gasteiger partial charge in [-0.25, -0.2) is 9.37 Å². The van der Waals surface area contributed by atoms with E-state index in [4.69, 9.17) is 19.7 Å². The van der Waals surface area contributed by atoms with Crippen molar-refractivity contribution in [3.8, 4) is 10.4 Å². The highest BCUT2D eigenvalue weighted by Crippen LogP contribution is 2.29. The third-order valence-corrected chi connectivity index (χ3v) is 8.14. The molecule has 1 aromatic heterocycles. The number of ether oxygens (including phenoxy) is 3. The summed E-state index contributed by atoms with van der Waals surface area (Å²) < 4.78 is 31.1. The Kier molecular flexibility index (Phi) is 14.3. The van der Waals surface area contributed by atoms with Crippen molar-refractivity contribution in [2.24, 2.45) is 10.5 Å². The summed E-state index contributed by atoms with van der Waals surface area (Å²) in [5, 5.41) is 19.0. The first-order valence-corrected chi connectivity index (χ1v) is 15.7. The molecule has 1 aliphatic rings. The first-order valence-electron chi connectivity index (χ1n) is 14.9. The van der Waals surface area contributed by atoms with E-state index in [1.54, 1.807) is 26.3 Å². The summed E-state index contributed by atoms with van der Waals surface area (Å²) in [7, 11) is 0. The number of azide groups is 1. The molecule has 0 saturated carbocycles. The van der Waals surface area contributed by atoms with E-state index in [1.807, 2.05) is 31.2 Å². The molecule has 0 spiro atoms. The largest absolute Gasteiger partial charge is 0.388 e. The van der Waals surface area contributed by atoms with Crippen molar-refractivity contribution >= 4 is 29.1 Å². The minimum Gasteiger partial charge on any atom is -0.388 e. The molecule has 14 nitrogen and oxygen atoms in total. The summed E-state index contributed by atoms with van der Waals surface area (Å²) in [6.07, 6.45) is -3.56. The highest BCUT2D eigenvalue weighted by molar-refractivity contribution is 7.13. The normalized spacial score (nSPS) is 18.6. The Morgan fingerprint density at radius 2 is 1.80 bits per heavy atom. The fourth-order valence-corrected chi connectivity index (χ4v) is 5.54. The maximum absolute atomic E-state index is 15.2. The van der Waals surface area contributed by atoms with Crippen LogP contribution in [-0.4, -0.2) is 110 Å². The van der Waals surface area contributed by atoms with Crippen molar-refractivity contribution < 1.29 is 38.1 Å². The van der Waals surface area contributed by atoms with Crippen molar-refractivity contribution in [2.75, 3.05) is 52.7 Å². The molecule has 0 radical (unpaired) electrons. The summed E-state index contributed by atoms with van der Waals surface area (Å²) in [6, 6.07) is 4.82. The number of likely N-dealkylation sites (tertiary alicyclic amines) is 1. The number of aliphatic hydroxyl groups excluding tert-OH is 1. The van der Waals surface area contributed by atoms with Crippen LogP contribution in [0.5, 0.6) is 0 Å². The molecule has 0 aliphatic carbocycles. The molecule has 3 rings (SSSR count). The number of carbonyl (C=O) groups is 3. The van der Waals surface area contributed by atoms with E-state index in [1.165, 1.54) is 11.3 Å². The van der Waals surface area contributed by atoms with Crippen LogP contribution >= 0.6 is 11.3 Å². The quantitative estimate of drug-likeness (QED) is 0.0996. The van der Waals surface area contributed by atoms with Crippen LogP contribution in [-0.2, 0) is 35.1 Å². The third kappa shape index (κ3) is 10.7. The van der Waals surface area contributed by atoms with Gasteiger partial charge in [0.2, 0.25) is 17.7 Å². The van der Waals surface area contributed by atoms with Crippen molar-refractivity contribution in [3.05, 3.63) is 51.5 Å². The van der Waals surface area contributed by atoms with Crippen LogP contribution in [0, 0.1) is 12.3 Å². The molecule has 4 unspecified atom stereocenters. The number of aryl methyl sites for hydroxylation is 1. The number of rotatable bonds is 17. The van der Waals surface area contributed by atoms with Gasteiger partial charge in [-0.3, -0.25) is 14.4 Å². The number of nitrogens with one attached hydrogen (secondary N) is 2. The number of halogens is 1. The molecule has 2 aromatic rings. The van der Waals surface area contributed by atoms with Crippen molar-refractivity contribution in [1.29, 1.82) is 0 Å². The topological polar surface area (TPSA) is 188 Å². The number of benzene rings is 1. The van der Waals surface area contributed by atoms with Crippen molar-refractivity contribution in [1.82, 2.24) is 20.5 Å². The van der Waals surface area contributed by atoms with E-state index in [0.717, 1.165) is 26.6 Å². The monoisotopic (exact) mass is 663 g/mol. The second kappa shape index (κ2) is 17.9. The van der Waals surface area contributed by atoms with Crippen LogP contribution < -0.4 is 10.6 Å². The standard InChI is InChI=1S/C30H42FN7O7S/c1-19-26(46-18-34-19)21-7-5-20(6-8-21)15-33-28(41)25-24(31)22(39)16-38(25)29(42)27(30(2,3)4)36-23(40)17-45-14-13-44-12-11-43-10-9-35-37-32/h5-8,18,22,24-25,27,39H,9-17H2,1-4H3,(H,33,41)(H,36,40). The van der Waals surface area contributed by atoms with Gasteiger partial charge in [-0.15, -0.1) is 11.3 Å². The predicted molar refractivity (Wildman–Crippen MR) is 168 cm³/mol. The molecule has 3 amide bonds. The Labute approximate surface area is 271 Å². The minimum absolute atomic E-state index is 0.0903. The second-order valence-corrected chi connectivity index (χ2v) is 12.6. The van der Waals surface area contributed by atoms with Gasteiger partial charge in [0.25, 0.3) is 0 Å².